The van der Waals surface area contributed by atoms with Crippen LogP contribution in [-0.2, 0) is 6.18 Å². The number of carbonyl (C=O) groups is 1. The molecule has 10 heteroatoms. The average Bonchev–Trinajstić information content (AvgIpc) is 3.13. The van der Waals surface area contributed by atoms with Crippen molar-refractivity contribution in [2.75, 3.05) is 0 Å². The number of alkyl halides is 3. The maximum atomic E-state index is 14.9. The Hall–Kier alpha value is -3.56. The summed E-state index contributed by atoms with van der Waals surface area (Å²) in [6.07, 6.45) is 1.75. The van der Waals surface area contributed by atoms with Crippen molar-refractivity contribution in [1.29, 1.82) is 0 Å². The van der Waals surface area contributed by atoms with Gasteiger partial charge in [-0.05, 0) is 62.8 Å². The van der Waals surface area contributed by atoms with Gasteiger partial charge >= 0.3 is 6.18 Å². The van der Waals surface area contributed by atoms with Crippen LogP contribution in [0.5, 0.6) is 5.88 Å². The van der Waals surface area contributed by atoms with E-state index in [0.29, 0.717) is 12.8 Å². The molecule has 2 aliphatic heterocycles. The second kappa shape index (κ2) is 9.48. The van der Waals surface area contributed by atoms with Crippen LogP contribution in [0.2, 0.25) is 0 Å². The van der Waals surface area contributed by atoms with Crippen molar-refractivity contribution in [2.45, 2.75) is 57.0 Å². The monoisotopic (exact) mass is 500 g/mol. The number of pyridine rings is 1. The molecule has 4 unspecified atom stereocenters. The summed E-state index contributed by atoms with van der Waals surface area (Å²) in [6.45, 7) is 1.98. The highest BCUT2D eigenvalue weighted by Gasteiger charge is 2.46. The van der Waals surface area contributed by atoms with Crippen molar-refractivity contribution in [3.05, 3.63) is 71.9 Å². The van der Waals surface area contributed by atoms with Gasteiger partial charge in [-0.25, -0.2) is 19.3 Å². The van der Waals surface area contributed by atoms with Crippen molar-refractivity contribution < 1.29 is 27.1 Å². The molecule has 1 aliphatic carbocycles. The summed E-state index contributed by atoms with van der Waals surface area (Å²) < 4.78 is 59.8. The van der Waals surface area contributed by atoms with E-state index in [-0.39, 0.29) is 46.7 Å². The Morgan fingerprint density at radius 1 is 1.00 bits per heavy atom. The number of piperidine rings is 1. The van der Waals surface area contributed by atoms with Crippen LogP contribution in [0, 0.1) is 11.7 Å². The third-order valence-electron chi connectivity index (χ3n) is 7.17. The molecule has 1 aromatic carbocycles. The van der Waals surface area contributed by atoms with E-state index in [2.05, 4.69) is 15.0 Å². The molecule has 1 saturated carbocycles. The van der Waals surface area contributed by atoms with Crippen molar-refractivity contribution in [3.63, 3.8) is 0 Å². The van der Waals surface area contributed by atoms with Crippen LogP contribution in [0.3, 0.4) is 0 Å². The number of nitrogens with zero attached hydrogens (tertiary/aromatic N) is 4. The molecule has 4 heterocycles. The lowest BCUT2D eigenvalue weighted by atomic mass is 9.86. The smallest absolute Gasteiger partial charge is 0.417 e. The minimum atomic E-state index is -4.49. The predicted octanol–water partition coefficient (Wildman–Crippen LogP) is 5.55. The summed E-state index contributed by atoms with van der Waals surface area (Å²) in [5.41, 5.74) is -0.659. The first-order valence-corrected chi connectivity index (χ1v) is 11.8. The van der Waals surface area contributed by atoms with Crippen LogP contribution < -0.4 is 4.74 Å². The summed E-state index contributed by atoms with van der Waals surface area (Å²) in [5.74, 6) is -0.531. The minimum absolute atomic E-state index is 0.0392. The molecule has 2 saturated heterocycles. The highest BCUT2D eigenvalue weighted by Crippen LogP contribution is 2.41. The first-order chi connectivity index (χ1) is 17.2. The van der Waals surface area contributed by atoms with Gasteiger partial charge in [-0.1, -0.05) is 6.07 Å². The third kappa shape index (κ3) is 4.52. The number of ether oxygens (including phenoxy) is 1. The molecule has 1 amide bonds. The SMILES string of the molecule is CC1C2CCC(Oc3ccc(C(F)(F)F)cn3)C(CC2)N1C(=O)c1cccc(F)c1-c1ncccn1. The Bertz CT molecular complexity index is 1240. The molecule has 0 N–H and O–H groups in total. The van der Waals surface area contributed by atoms with Crippen LogP contribution in [0.25, 0.3) is 11.4 Å². The van der Waals surface area contributed by atoms with Gasteiger partial charge in [0.25, 0.3) is 5.91 Å². The third-order valence-corrected chi connectivity index (χ3v) is 7.17. The van der Waals surface area contributed by atoms with Gasteiger partial charge in [0.05, 0.1) is 22.7 Å². The maximum Gasteiger partial charge on any atom is 0.417 e. The average molecular weight is 500 g/mol. The first-order valence-electron chi connectivity index (χ1n) is 11.8. The molecule has 3 aromatic rings. The van der Waals surface area contributed by atoms with Gasteiger partial charge in [-0.3, -0.25) is 4.79 Å². The molecular weight excluding hydrogens is 476 g/mol. The van der Waals surface area contributed by atoms with Crippen LogP contribution >= 0.6 is 0 Å². The molecule has 4 atom stereocenters. The number of hydrogen-bond donors (Lipinski definition) is 0. The number of amides is 1. The number of hydrogen-bond acceptors (Lipinski definition) is 5. The highest BCUT2D eigenvalue weighted by molar-refractivity contribution is 6.00. The van der Waals surface area contributed by atoms with E-state index in [4.69, 9.17) is 4.74 Å². The maximum absolute atomic E-state index is 14.9. The highest BCUT2D eigenvalue weighted by atomic mass is 19.4. The van der Waals surface area contributed by atoms with E-state index in [9.17, 15) is 22.4 Å². The minimum Gasteiger partial charge on any atom is -0.472 e. The van der Waals surface area contributed by atoms with E-state index in [1.165, 1.54) is 30.6 Å². The van der Waals surface area contributed by atoms with Crippen molar-refractivity contribution >= 4 is 5.91 Å². The molecule has 2 bridgehead atoms. The van der Waals surface area contributed by atoms with Gasteiger partial charge in [0.2, 0.25) is 5.88 Å². The zero-order valence-corrected chi connectivity index (χ0v) is 19.5. The fourth-order valence-corrected chi connectivity index (χ4v) is 5.36. The summed E-state index contributed by atoms with van der Waals surface area (Å²) in [7, 11) is 0. The Balaban J connectivity index is 1.47. The van der Waals surface area contributed by atoms with Crippen molar-refractivity contribution in [1.82, 2.24) is 19.9 Å². The van der Waals surface area contributed by atoms with E-state index >= 15 is 0 Å². The second-order valence-corrected chi connectivity index (χ2v) is 9.21. The van der Waals surface area contributed by atoms with E-state index in [0.717, 1.165) is 25.1 Å². The number of fused-ring (bicyclic) bond motifs is 4. The second-order valence-electron chi connectivity index (χ2n) is 9.21. The normalized spacial score (nSPS) is 23.9. The summed E-state index contributed by atoms with van der Waals surface area (Å²) in [4.78, 5) is 27.8. The van der Waals surface area contributed by atoms with Gasteiger partial charge in [0.1, 0.15) is 11.9 Å². The molecule has 188 valence electrons. The standard InChI is InChI=1S/C26H24F4N4O2/c1-15-16-6-9-20(21(10-7-16)36-22-11-8-17(14-33-22)26(28,29)30)34(15)25(35)18-4-2-5-19(27)23(18)24-31-12-3-13-32-24/h2-5,8,11-16,20-21H,6-7,9-10H2,1H3. The number of benzene rings is 1. The lowest BCUT2D eigenvalue weighted by Crippen LogP contribution is -2.55. The van der Waals surface area contributed by atoms with E-state index < -0.39 is 23.7 Å². The molecule has 6 nitrogen and oxygen atoms in total. The van der Waals surface area contributed by atoms with Gasteiger partial charge in [-0.2, -0.15) is 13.2 Å². The lowest BCUT2D eigenvalue weighted by Gasteiger charge is -2.44. The number of halogens is 4. The van der Waals surface area contributed by atoms with Gasteiger partial charge in [0, 0.05) is 30.7 Å². The Kier molecular flexibility index (Phi) is 6.36. The molecule has 36 heavy (non-hydrogen) atoms. The van der Waals surface area contributed by atoms with Crippen molar-refractivity contribution in [2.24, 2.45) is 5.92 Å². The van der Waals surface area contributed by atoms with E-state index in [1.54, 1.807) is 17.0 Å². The van der Waals surface area contributed by atoms with E-state index in [1.807, 2.05) is 6.92 Å². The van der Waals surface area contributed by atoms with Gasteiger partial charge < -0.3 is 9.64 Å². The zero-order valence-electron chi connectivity index (χ0n) is 19.5. The molecule has 0 radical (unpaired) electrons. The number of carbonyl (C=O) groups excluding carboxylic acids is 1. The Morgan fingerprint density at radius 2 is 1.75 bits per heavy atom. The molecular formula is C26H24F4N4O2. The molecule has 3 aliphatic rings. The topological polar surface area (TPSA) is 68.2 Å². The Morgan fingerprint density at radius 3 is 2.44 bits per heavy atom. The largest absolute Gasteiger partial charge is 0.472 e. The molecule has 6 rings (SSSR count). The van der Waals surface area contributed by atoms with Crippen LogP contribution in [0.15, 0.2) is 55.0 Å². The first kappa shape index (κ1) is 24.1. The predicted molar refractivity (Wildman–Crippen MR) is 122 cm³/mol. The van der Waals surface area contributed by atoms with Crippen LogP contribution in [0.1, 0.15) is 48.5 Å². The zero-order chi connectivity index (χ0) is 25.4. The fraction of sp³-hybridized carbons (Fsp3) is 0.385. The van der Waals surface area contributed by atoms with Crippen LogP contribution in [-0.4, -0.2) is 43.9 Å². The van der Waals surface area contributed by atoms with Gasteiger partial charge in [-0.15, -0.1) is 0 Å². The quantitative estimate of drug-likeness (QED) is 0.440. The fourth-order valence-electron chi connectivity index (χ4n) is 5.36. The van der Waals surface area contributed by atoms with Crippen LogP contribution in [0.4, 0.5) is 17.6 Å². The summed E-state index contributed by atoms with van der Waals surface area (Å²) in [6, 6.07) is 7.59. The molecule has 0 spiro atoms. The molecule has 2 aromatic heterocycles. The molecule has 3 fully saturated rings. The van der Waals surface area contributed by atoms with Gasteiger partial charge in [0.15, 0.2) is 5.82 Å². The number of aromatic nitrogens is 3. The summed E-state index contributed by atoms with van der Waals surface area (Å²) >= 11 is 0. The number of rotatable bonds is 4. The van der Waals surface area contributed by atoms with Crippen molar-refractivity contribution in [3.8, 4) is 17.3 Å². The summed E-state index contributed by atoms with van der Waals surface area (Å²) in [5, 5.41) is 0. The Labute approximate surface area is 205 Å². The lowest BCUT2D eigenvalue weighted by molar-refractivity contribution is -0.137.